The molecule has 0 radical (unpaired) electrons. The van der Waals surface area contributed by atoms with Crippen molar-refractivity contribution in [1.82, 2.24) is 0 Å². The van der Waals surface area contributed by atoms with Gasteiger partial charge in [-0.25, -0.2) is 8.78 Å². The molecule has 0 saturated carbocycles. The molecular formula is C20H14F2. The van der Waals surface area contributed by atoms with E-state index < -0.39 is 11.6 Å². The fraction of sp³-hybridized carbons (Fsp3) is 0.100. The lowest BCUT2D eigenvalue weighted by Crippen LogP contribution is -1.86. The van der Waals surface area contributed by atoms with Gasteiger partial charge in [0.1, 0.15) is 0 Å². The van der Waals surface area contributed by atoms with Gasteiger partial charge in [-0.15, -0.1) is 0 Å². The average Bonchev–Trinajstić information content (AvgIpc) is 2.57. The Morgan fingerprint density at radius 1 is 0.818 bits per heavy atom. The maximum Gasteiger partial charge on any atom is 0.166 e. The first-order valence-corrected chi connectivity index (χ1v) is 7.16. The third kappa shape index (κ3) is 2.84. The van der Waals surface area contributed by atoms with E-state index in [0.29, 0.717) is 5.39 Å². The number of hydrogen-bond acceptors (Lipinski definition) is 0. The van der Waals surface area contributed by atoms with Crippen molar-refractivity contribution in [3.8, 4) is 11.8 Å². The van der Waals surface area contributed by atoms with Gasteiger partial charge in [0.25, 0.3) is 0 Å². The minimum atomic E-state index is -0.831. The number of halogens is 2. The Bertz CT molecular complexity index is 881. The summed E-state index contributed by atoms with van der Waals surface area (Å²) in [5.41, 5.74) is 2.98. The zero-order valence-corrected chi connectivity index (χ0v) is 12.2. The van der Waals surface area contributed by atoms with Crippen LogP contribution in [0.1, 0.15) is 23.6 Å². The van der Waals surface area contributed by atoms with E-state index in [1.165, 1.54) is 5.56 Å². The molecule has 3 aromatic carbocycles. The van der Waals surface area contributed by atoms with Crippen LogP contribution < -0.4 is 0 Å². The molecule has 2 heteroatoms. The third-order valence-electron chi connectivity index (χ3n) is 3.62. The Hall–Kier alpha value is -2.66. The van der Waals surface area contributed by atoms with Crippen LogP contribution in [0.4, 0.5) is 8.78 Å². The van der Waals surface area contributed by atoms with Gasteiger partial charge < -0.3 is 0 Å². The molecule has 0 atom stereocenters. The highest BCUT2D eigenvalue weighted by molar-refractivity contribution is 5.84. The standard InChI is InChI=1S/C20H14F2/c1-2-14-3-5-15(6-4-14)7-8-16-9-11-18-17(13-16)10-12-19(21)20(18)22/h3-6,9-13H,2H2,1H3. The lowest BCUT2D eigenvalue weighted by atomic mass is 10.1. The predicted octanol–water partition coefficient (Wildman–Crippen LogP) is 5.08. The maximum atomic E-state index is 13.6. The van der Waals surface area contributed by atoms with E-state index in [1.807, 2.05) is 12.1 Å². The highest BCUT2D eigenvalue weighted by atomic mass is 19.2. The van der Waals surface area contributed by atoms with Crippen LogP contribution in [-0.4, -0.2) is 0 Å². The maximum absolute atomic E-state index is 13.6. The Morgan fingerprint density at radius 2 is 1.50 bits per heavy atom. The SMILES string of the molecule is CCc1ccc(C#Cc2ccc3c(F)c(F)ccc3c2)cc1. The van der Waals surface area contributed by atoms with Gasteiger partial charge in [0.15, 0.2) is 11.6 Å². The fourth-order valence-electron chi connectivity index (χ4n) is 2.31. The molecule has 0 aliphatic heterocycles. The summed E-state index contributed by atoms with van der Waals surface area (Å²) in [5.74, 6) is 4.50. The van der Waals surface area contributed by atoms with Crippen LogP contribution in [0.5, 0.6) is 0 Å². The zero-order chi connectivity index (χ0) is 15.5. The average molecular weight is 292 g/mol. The Morgan fingerprint density at radius 3 is 2.23 bits per heavy atom. The summed E-state index contributed by atoms with van der Waals surface area (Å²) >= 11 is 0. The van der Waals surface area contributed by atoms with Gasteiger partial charge in [-0.05, 0) is 47.7 Å². The molecule has 0 aliphatic carbocycles. The van der Waals surface area contributed by atoms with Crippen LogP contribution in [-0.2, 0) is 6.42 Å². The largest absolute Gasteiger partial charge is 0.204 e. The summed E-state index contributed by atoms with van der Waals surface area (Å²) in [6, 6.07) is 15.8. The first-order valence-electron chi connectivity index (χ1n) is 7.16. The number of rotatable bonds is 1. The van der Waals surface area contributed by atoms with E-state index >= 15 is 0 Å². The zero-order valence-electron chi connectivity index (χ0n) is 12.2. The molecular weight excluding hydrogens is 278 g/mol. The van der Waals surface area contributed by atoms with Crippen molar-refractivity contribution in [2.24, 2.45) is 0 Å². The van der Waals surface area contributed by atoms with Crippen LogP contribution >= 0.6 is 0 Å². The highest BCUT2D eigenvalue weighted by Gasteiger charge is 2.06. The number of hydrogen-bond donors (Lipinski definition) is 0. The van der Waals surface area contributed by atoms with Crippen LogP contribution in [0, 0.1) is 23.5 Å². The third-order valence-corrected chi connectivity index (χ3v) is 3.62. The van der Waals surface area contributed by atoms with Crippen LogP contribution in [0.3, 0.4) is 0 Å². The van der Waals surface area contributed by atoms with Crippen molar-refractivity contribution in [2.75, 3.05) is 0 Å². The predicted molar refractivity (Wildman–Crippen MR) is 85.7 cm³/mol. The summed E-state index contributed by atoms with van der Waals surface area (Å²) in [7, 11) is 0. The van der Waals surface area contributed by atoms with Gasteiger partial charge in [-0.2, -0.15) is 0 Å². The molecule has 0 unspecified atom stereocenters. The molecule has 0 aliphatic rings. The lowest BCUT2D eigenvalue weighted by molar-refractivity contribution is 0.517. The molecule has 0 nitrogen and oxygen atoms in total. The Labute approximate surface area is 128 Å². The summed E-state index contributed by atoms with van der Waals surface area (Å²) < 4.78 is 26.8. The topological polar surface area (TPSA) is 0 Å². The molecule has 3 rings (SSSR count). The minimum absolute atomic E-state index is 0.276. The number of fused-ring (bicyclic) bond motifs is 1. The fourth-order valence-corrected chi connectivity index (χ4v) is 2.31. The molecule has 22 heavy (non-hydrogen) atoms. The van der Waals surface area contributed by atoms with Crippen LogP contribution in [0.2, 0.25) is 0 Å². The Balaban J connectivity index is 1.94. The van der Waals surface area contributed by atoms with Crippen molar-refractivity contribution in [3.63, 3.8) is 0 Å². The summed E-state index contributed by atoms with van der Waals surface area (Å²) in [4.78, 5) is 0. The molecule has 3 aromatic rings. The van der Waals surface area contributed by atoms with E-state index in [-0.39, 0.29) is 5.39 Å². The van der Waals surface area contributed by atoms with E-state index in [2.05, 4.69) is 30.9 Å². The van der Waals surface area contributed by atoms with Gasteiger partial charge in [0.05, 0.1) is 0 Å². The van der Waals surface area contributed by atoms with Crippen molar-refractivity contribution in [1.29, 1.82) is 0 Å². The van der Waals surface area contributed by atoms with E-state index in [1.54, 1.807) is 24.3 Å². The summed E-state index contributed by atoms with van der Waals surface area (Å²) in [6.45, 7) is 2.11. The van der Waals surface area contributed by atoms with Crippen molar-refractivity contribution in [2.45, 2.75) is 13.3 Å². The number of benzene rings is 3. The molecule has 0 amide bonds. The van der Waals surface area contributed by atoms with E-state index in [9.17, 15) is 8.78 Å². The molecule has 0 heterocycles. The van der Waals surface area contributed by atoms with Gasteiger partial charge >= 0.3 is 0 Å². The first kappa shape index (κ1) is 14.3. The van der Waals surface area contributed by atoms with Crippen molar-refractivity contribution in [3.05, 3.63) is 82.9 Å². The summed E-state index contributed by atoms with van der Waals surface area (Å²) in [5, 5.41) is 0.921. The van der Waals surface area contributed by atoms with Crippen molar-refractivity contribution >= 4 is 10.8 Å². The van der Waals surface area contributed by atoms with Crippen LogP contribution in [0.15, 0.2) is 54.6 Å². The lowest BCUT2D eigenvalue weighted by Gasteiger charge is -2.01. The van der Waals surface area contributed by atoms with Gasteiger partial charge in [0, 0.05) is 16.5 Å². The number of aryl methyl sites for hydroxylation is 1. The molecule has 0 aromatic heterocycles. The molecule has 0 N–H and O–H groups in total. The molecule has 0 saturated heterocycles. The smallest absolute Gasteiger partial charge is 0.166 e. The normalized spacial score (nSPS) is 10.3. The van der Waals surface area contributed by atoms with Crippen molar-refractivity contribution < 1.29 is 8.78 Å². The molecule has 108 valence electrons. The first-order chi connectivity index (χ1) is 10.7. The van der Waals surface area contributed by atoms with E-state index in [0.717, 1.165) is 23.6 Å². The Kier molecular flexibility index (Phi) is 3.89. The highest BCUT2D eigenvalue weighted by Crippen LogP contribution is 2.21. The summed E-state index contributed by atoms with van der Waals surface area (Å²) in [6.07, 6.45) is 1.00. The second-order valence-corrected chi connectivity index (χ2v) is 5.10. The minimum Gasteiger partial charge on any atom is -0.204 e. The molecule has 0 spiro atoms. The van der Waals surface area contributed by atoms with Gasteiger partial charge in [-0.3, -0.25) is 0 Å². The van der Waals surface area contributed by atoms with E-state index in [4.69, 9.17) is 0 Å². The monoisotopic (exact) mass is 292 g/mol. The molecule has 0 bridgehead atoms. The van der Waals surface area contributed by atoms with Gasteiger partial charge in [-0.1, -0.05) is 43.0 Å². The quantitative estimate of drug-likeness (QED) is 0.549. The van der Waals surface area contributed by atoms with Crippen LogP contribution in [0.25, 0.3) is 10.8 Å². The molecule has 0 fully saturated rings. The van der Waals surface area contributed by atoms with Gasteiger partial charge in [0.2, 0.25) is 0 Å². The second kappa shape index (κ2) is 5.99. The second-order valence-electron chi connectivity index (χ2n) is 5.10.